The molecule has 3 heterocycles. The summed E-state index contributed by atoms with van der Waals surface area (Å²) in [5.74, 6) is -0.811. The van der Waals surface area contributed by atoms with Crippen molar-refractivity contribution in [2.45, 2.75) is 13.0 Å². The Hall–Kier alpha value is -5.37. The third-order valence-corrected chi connectivity index (χ3v) is 6.26. The van der Waals surface area contributed by atoms with Crippen molar-refractivity contribution < 1.29 is 13.6 Å². The minimum atomic E-state index is -0.780. The fourth-order valence-corrected chi connectivity index (χ4v) is 4.53. The number of benzene rings is 3. The number of aromatic nitrogens is 4. The first-order valence-corrected chi connectivity index (χ1v) is 11.6. The lowest BCUT2D eigenvalue weighted by atomic mass is 10.1. The van der Waals surface area contributed by atoms with Crippen LogP contribution < -0.4 is 15.1 Å². The number of anilines is 6. The van der Waals surface area contributed by atoms with E-state index in [0.717, 1.165) is 0 Å². The molecule has 0 aliphatic carbocycles. The van der Waals surface area contributed by atoms with Crippen molar-refractivity contribution in [1.29, 1.82) is 5.26 Å². The highest BCUT2D eigenvalue weighted by Gasteiger charge is 2.39. The first-order chi connectivity index (χ1) is 18.4. The topological polar surface area (TPSA) is 114 Å². The normalized spacial score (nSPS) is 14.9. The number of rotatable bonds is 4. The number of nitrogens with zero attached hydrogens (tertiary/aromatic N) is 6. The van der Waals surface area contributed by atoms with Crippen LogP contribution in [-0.2, 0) is 4.79 Å². The molecule has 3 aromatic carbocycles. The van der Waals surface area contributed by atoms with Crippen molar-refractivity contribution in [3.8, 4) is 6.07 Å². The molecule has 0 fully saturated rings. The molecular formula is C27H18F2N8O. The molecule has 6 rings (SSSR count). The van der Waals surface area contributed by atoms with Crippen molar-refractivity contribution >= 4 is 51.3 Å². The lowest BCUT2D eigenvalue weighted by Gasteiger charge is -2.40. The molecule has 0 saturated heterocycles. The van der Waals surface area contributed by atoms with Crippen LogP contribution in [0.15, 0.2) is 73.1 Å². The predicted molar refractivity (Wildman–Crippen MR) is 138 cm³/mol. The minimum absolute atomic E-state index is 0.139. The van der Waals surface area contributed by atoms with Gasteiger partial charge < -0.3 is 10.2 Å². The van der Waals surface area contributed by atoms with E-state index in [1.807, 2.05) is 0 Å². The van der Waals surface area contributed by atoms with Crippen molar-refractivity contribution in [2.75, 3.05) is 15.1 Å². The molecule has 0 radical (unpaired) electrons. The van der Waals surface area contributed by atoms with Crippen LogP contribution in [-0.4, -0.2) is 32.1 Å². The third kappa shape index (κ3) is 3.84. The average molecular weight is 508 g/mol. The van der Waals surface area contributed by atoms with Gasteiger partial charge in [-0.05, 0) is 55.5 Å². The summed E-state index contributed by atoms with van der Waals surface area (Å²) < 4.78 is 28.7. The highest BCUT2D eigenvalue weighted by Crippen LogP contribution is 2.43. The van der Waals surface area contributed by atoms with Gasteiger partial charge in [-0.2, -0.15) is 15.3 Å². The molecule has 0 spiro atoms. The SMILES string of the molecule is C[C@@H]1C(=O)N(c2cccc(C#N)c2)c2cnc(Nc3cc(F)c4[nH]ncc4c3)nc2N1c1cccc(F)c1. The maximum Gasteiger partial charge on any atom is 0.254 e. The van der Waals surface area contributed by atoms with Gasteiger partial charge in [0.25, 0.3) is 5.91 Å². The highest BCUT2D eigenvalue weighted by atomic mass is 19.1. The van der Waals surface area contributed by atoms with Gasteiger partial charge in [0.05, 0.1) is 29.7 Å². The van der Waals surface area contributed by atoms with Crippen LogP contribution in [0.5, 0.6) is 0 Å². The number of halogens is 2. The number of hydrogen-bond acceptors (Lipinski definition) is 7. The molecule has 0 unspecified atom stereocenters. The largest absolute Gasteiger partial charge is 0.324 e. The summed E-state index contributed by atoms with van der Waals surface area (Å²) in [6, 6.07) is 16.8. The van der Waals surface area contributed by atoms with Gasteiger partial charge in [0.2, 0.25) is 5.95 Å². The van der Waals surface area contributed by atoms with Gasteiger partial charge in [0, 0.05) is 16.8 Å². The van der Waals surface area contributed by atoms with E-state index in [9.17, 15) is 18.8 Å². The van der Waals surface area contributed by atoms with E-state index in [4.69, 9.17) is 0 Å². The van der Waals surface area contributed by atoms with Crippen molar-refractivity contribution in [1.82, 2.24) is 20.2 Å². The second-order valence-corrected chi connectivity index (χ2v) is 8.68. The maximum absolute atomic E-state index is 14.5. The van der Waals surface area contributed by atoms with Gasteiger partial charge >= 0.3 is 0 Å². The molecule has 2 aromatic heterocycles. The Balaban J connectivity index is 1.50. The molecule has 1 aliphatic heterocycles. The first kappa shape index (κ1) is 23.1. The monoisotopic (exact) mass is 508 g/mol. The Bertz CT molecular complexity index is 1760. The molecule has 38 heavy (non-hydrogen) atoms. The number of nitrogens with one attached hydrogen (secondary N) is 2. The minimum Gasteiger partial charge on any atom is -0.324 e. The van der Waals surface area contributed by atoms with Gasteiger partial charge in [-0.3, -0.25) is 14.8 Å². The molecule has 5 aromatic rings. The zero-order valence-electron chi connectivity index (χ0n) is 19.9. The summed E-state index contributed by atoms with van der Waals surface area (Å²) in [5.41, 5.74) is 2.29. The van der Waals surface area contributed by atoms with Crippen LogP contribution in [0.2, 0.25) is 0 Å². The summed E-state index contributed by atoms with van der Waals surface area (Å²) in [6.45, 7) is 1.69. The summed E-state index contributed by atoms with van der Waals surface area (Å²) in [7, 11) is 0. The number of hydrogen-bond donors (Lipinski definition) is 2. The maximum atomic E-state index is 14.5. The first-order valence-electron chi connectivity index (χ1n) is 11.6. The van der Waals surface area contributed by atoms with Gasteiger partial charge in [0.15, 0.2) is 11.6 Å². The van der Waals surface area contributed by atoms with E-state index in [-0.39, 0.29) is 17.4 Å². The zero-order valence-corrected chi connectivity index (χ0v) is 19.9. The number of nitriles is 1. The number of amides is 1. The number of aromatic amines is 1. The van der Waals surface area contributed by atoms with E-state index in [2.05, 4.69) is 31.6 Å². The quantitative estimate of drug-likeness (QED) is 0.332. The Morgan fingerprint density at radius 3 is 2.68 bits per heavy atom. The van der Waals surface area contributed by atoms with Crippen LogP contribution in [0.4, 0.5) is 43.3 Å². The predicted octanol–water partition coefficient (Wildman–Crippen LogP) is 5.45. The van der Waals surface area contributed by atoms with Crippen molar-refractivity contribution in [2.24, 2.45) is 0 Å². The second kappa shape index (κ2) is 8.94. The molecule has 186 valence electrons. The van der Waals surface area contributed by atoms with E-state index >= 15 is 0 Å². The number of carbonyl (C=O) groups excluding carboxylic acids is 1. The Labute approximate surface area is 215 Å². The molecule has 0 bridgehead atoms. The molecule has 1 aliphatic rings. The lowest BCUT2D eigenvalue weighted by molar-refractivity contribution is -0.118. The Morgan fingerprint density at radius 2 is 1.87 bits per heavy atom. The summed E-state index contributed by atoms with van der Waals surface area (Å²) in [5, 5.41) is 19.4. The van der Waals surface area contributed by atoms with Crippen molar-refractivity contribution in [3.63, 3.8) is 0 Å². The summed E-state index contributed by atoms with van der Waals surface area (Å²) in [6.07, 6.45) is 2.97. The zero-order chi connectivity index (χ0) is 26.4. The summed E-state index contributed by atoms with van der Waals surface area (Å²) in [4.78, 5) is 25.8. The van der Waals surface area contributed by atoms with Crippen LogP contribution in [0, 0.1) is 23.0 Å². The number of carbonyl (C=O) groups is 1. The van der Waals surface area contributed by atoms with Crippen LogP contribution in [0.1, 0.15) is 12.5 Å². The van der Waals surface area contributed by atoms with Gasteiger partial charge in [-0.25, -0.2) is 13.8 Å². The van der Waals surface area contributed by atoms with E-state index in [1.165, 1.54) is 35.5 Å². The standard InChI is InChI=1S/C27H18F2N8O/c1-15-26(38)37(20-6-2-4-16(8-20)12-30)23-14-31-27(33-19-9-17-13-32-35-24(17)22(29)11-19)34-25(23)36(15)21-7-3-5-18(28)10-21/h2-11,13-15H,1H3,(H,32,35)(H,31,33,34)/t15-/m1/s1. The molecule has 2 N–H and O–H groups in total. The van der Waals surface area contributed by atoms with Gasteiger partial charge in [-0.15, -0.1) is 0 Å². The van der Waals surface area contributed by atoms with Gasteiger partial charge in [0.1, 0.15) is 23.1 Å². The summed E-state index contributed by atoms with van der Waals surface area (Å²) >= 11 is 0. The fourth-order valence-electron chi connectivity index (χ4n) is 4.53. The van der Waals surface area contributed by atoms with E-state index in [0.29, 0.717) is 39.5 Å². The lowest BCUT2D eigenvalue weighted by Crippen LogP contribution is -2.48. The van der Waals surface area contributed by atoms with E-state index in [1.54, 1.807) is 54.3 Å². The fraction of sp³-hybridized carbons (Fsp3) is 0.0741. The number of fused-ring (bicyclic) bond motifs is 2. The molecule has 9 nitrogen and oxygen atoms in total. The molecule has 1 atom stereocenters. The second-order valence-electron chi connectivity index (χ2n) is 8.68. The Morgan fingerprint density at radius 1 is 1.05 bits per heavy atom. The molecule has 1 amide bonds. The van der Waals surface area contributed by atoms with Crippen molar-refractivity contribution in [3.05, 3.63) is 90.3 Å². The highest BCUT2D eigenvalue weighted by molar-refractivity contribution is 6.11. The van der Waals surface area contributed by atoms with Gasteiger partial charge in [-0.1, -0.05) is 12.1 Å². The molecule has 0 saturated carbocycles. The smallest absolute Gasteiger partial charge is 0.254 e. The molecular weight excluding hydrogens is 490 g/mol. The third-order valence-electron chi connectivity index (χ3n) is 6.26. The van der Waals surface area contributed by atoms with Crippen LogP contribution >= 0.6 is 0 Å². The average Bonchev–Trinajstić information content (AvgIpc) is 3.39. The van der Waals surface area contributed by atoms with Crippen LogP contribution in [0.25, 0.3) is 10.9 Å². The van der Waals surface area contributed by atoms with E-state index < -0.39 is 17.7 Å². The van der Waals surface area contributed by atoms with Crippen LogP contribution in [0.3, 0.4) is 0 Å². The number of H-pyrrole nitrogens is 1. The molecule has 11 heteroatoms. The Kier molecular flexibility index (Phi) is 5.42.